The molecule has 6 nitrogen and oxygen atoms in total. The molecule has 2 unspecified atom stereocenters. The van der Waals surface area contributed by atoms with E-state index in [4.69, 9.17) is 9.84 Å². The largest absolute Gasteiger partial charge is 0.480 e. The van der Waals surface area contributed by atoms with Crippen LogP contribution in [0.3, 0.4) is 0 Å². The first-order valence-electron chi connectivity index (χ1n) is 5.96. The van der Waals surface area contributed by atoms with Crippen molar-refractivity contribution in [3.8, 4) is 0 Å². The van der Waals surface area contributed by atoms with Gasteiger partial charge in [0.05, 0.1) is 13.2 Å². The lowest BCUT2D eigenvalue weighted by atomic mass is 10.2. The molecule has 2 N–H and O–H groups in total. The molecule has 2 amide bonds. The summed E-state index contributed by atoms with van der Waals surface area (Å²) in [5.41, 5.74) is 0. The summed E-state index contributed by atoms with van der Waals surface area (Å²) < 4.78 is 5.10. The summed E-state index contributed by atoms with van der Waals surface area (Å²) in [6.45, 7) is 2.76. The third-order valence-corrected chi connectivity index (χ3v) is 3.60. The van der Waals surface area contributed by atoms with E-state index in [-0.39, 0.29) is 18.7 Å². The molecule has 0 bridgehead atoms. The Bertz CT molecular complexity index is 301. The highest BCUT2D eigenvalue weighted by Crippen LogP contribution is 2.09. The highest BCUT2D eigenvalue weighted by Gasteiger charge is 2.33. The van der Waals surface area contributed by atoms with Gasteiger partial charge in [-0.1, -0.05) is 6.92 Å². The lowest BCUT2D eigenvalue weighted by Crippen LogP contribution is -2.57. The van der Waals surface area contributed by atoms with Crippen molar-refractivity contribution in [2.45, 2.75) is 25.4 Å². The predicted molar refractivity (Wildman–Crippen MR) is 69.9 cm³/mol. The number of urea groups is 1. The average Bonchev–Trinajstić information content (AvgIpc) is 2.38. The number of thioether (sulfide) groups is 1. The van der Waals surface area contributed by atoms with Gasteiger partial charge in [0.25, 0.3) is 0 Å². The first kappa shape index (κ1) is 15.1. The fourth-order valence-corrected chi connectivity index (χ4v) is 2.49. The number of aliphatic carboxylic acids is 1. The second kappa shape index (κ2) is 7.48. The van der Waals surface area contributed by atoms with Crippen LogP contribution in [0.2, 0.25) is 0 Å². The molecule has 1 rings (SSSR count). The number of morpholine rings is 1. The van der Waals surface area contributed by atoms with Crippen LogP contribution in [0, 0.1) is 0 Å². The maximum Gasteiger partial charge on any atom is 0.328 e. The molecule has 1 fully saturated rings. The number of nitrogens with one attached hydrogen (secondary N) is 1. The van der Waals surface area contributed by atoms with Crippen molar-refractivity contribution in [1.82, 2.24) is 10.2 Å². The summed E-state index contributed by atoms with van der Waals surface area (Å²) in [5, 5.41) is 11.9. The molecule has 0 aromatic carbocycles. The van der Waals surface area contributed by atoms with Crippen molar-refractivity contribution in [2.75, 3.05) is 31.8 Å². The summed E-state index contributed by atoms with van der Waals surface area (Å²) in [6.07, 6.45) is 2.80. The van der Waals surface area contributed by atoms with Crippen molar-refractivity contribution >= 4 is 23.8 Å². The van der Waals surface area contributed by atoms with Gasteiger partial charge in [-0.05, 0) is 12.7 Å². The van der Waals surface area contributed by atoms with Crippen molar-refractivity contribution in [3.63, 3.8) is 0 Å². The number of rotatable bonds is 5. The van der Waals surface area contributed by atoms with Gasteiger partial charge in [-0.25, -0.2) is 9.59 Å². The highest BCUT2D eigenvalue weighted by molar-refractivity contribution is 7.98. The Hall–Kier alpha value is -0.950. The monoisotopic (exact) mass is 276 g/mol. The van der Waals surface area contributed by atoms with E-state index in [0.29, 0.717) is 13.2 Å². The molecule has 7 heteroatoms. The number of hydrogen-bond donors (Lipinski definition) is 2. The minimum atomic E-state index is -1.03. The van der Waals surface area contributed by atoms with E-state index in [2.05, 4.69) is 5.32 Å². The Balaban J connectivity index is 2.59. The normalized spacial score (nSPS) is 21.4. The summed E-state index contributed by atoms with van der Waals surface area (Å²) in [5.74, 6) is -0.201. The van der Waals surface area contributed by atoms with Crippen LogP contribution in [0.25, 0.3) is 0 Å². The van der Waals surface area contributed by atoms with Gasteiger partial charge in [0.1, 0.15) is 0 Å². The van der Waals surface area contributed by atoms with Gasteiger partial charge >= 0.3 is 12.0 Å². The third kappa shape index (κ3) is 4.06. The molecule has 1 aliphatic rings. The van der Waals surface area contributed by atoms with E-state index in [1.807, 2.05) is 13.2 Å². The van der Waals surface area contributed by atoms with Crippen molar-refractivity contribution in [3.05, 3.63) is 0 Å². The van der Waals surface area contributed by atoms with Gasteiger partial charge in [-0.2, -0.15) is 11.8 Å². The number of carboxylic acids is 1. The van der Waals surface area contributed by atoms with E-state index in [1.54, 1.807) is 11.8 Å². The van der Waals surface area contributed by atoms with Gasteiger partial charge in [0.15, 0.2) is 6.04 Å². The van der Waals surface area contributed by atoms with Crippen LogP contribution < -0.4 is 5.32 Å². The molecule has 18 heavy (non-hydrogen) atoms. The van der Waals surface area contributed by atoms with Gasteiger partial charge in [-0.3, -0.25) is 0 Å². The Morgan fingerprint density at radius 3 is 2.89 bits per heavy atom. The highest BCUT2D eigenvalue weighted by atomic mass is 32.2. The van der Waals surface area contributed by atoms with E-state index in [1.165, 1.54) is 4.90 Å². The fraction of sp³-hybridized carbons (Fsp3) is 0.818. The molecule has 0 spiro atoms. The van der Waals surface area contributed by atoms with Crippen molar-refractivity contribution in [1.29, 1.82) is 0 Å². The average molecular weight is 276 g/mol. The Morgan fingerprint density at radius 1 is 1.61 bits per heavy atom. The van der Waals surface area contributed by atoms with E-state index in [9.17, 15) is 9.59 Å². The van der Waals surface area contributed by atoms with Crippen LogP contribution in [0.5, 0.6) is 0 Å². The first-order chi connectivity index (χ1) is 8.60. The first-order valence-corrected chi connectivity index (χ1v) is 7.36. The summed E-state index contributed by atoms with van der Waals surface area (Å²) in [7, 11) is 0. The standard InChI is InChI=1S/C11H20N2O4S/c1-3-8(7-18-2)12-11(16)13-4-5-17-6-9(13)10(14)15/h8-9H,3-7H2,1-2H3,(H,12,16)(H,14,15). The quantitative estimate of drug-likeness (QED) is 0.769. The molecule has 2 atom stereocenters. The number of carbonyl (C=O) groups excluding carboxylic acids is 1. The molecule has 0 radical (unpaired) electrons. The molecular weight excluding hydrogens is 256 g/mol. The molecule has 0 saturated carbocycles. The van der Waals surface area contributed by atoms with E-state index >= 15 is 0 Å². The maximum absolute atomic E-state index is 12.0. The molecule has 0 aromatic rings. The Labute approximate surface area is 111 Å². The zero-order valence-corrected chi connectivity index (χ0v) is 11.5. The van der Waals surface area contributed by atoms with Crippen LogP contribution in [-0.2, 0) is 9.53 Å². The summed E-state index contributed by atoms with van der Waals surface area (Å²) in [4.78, 5) is 24.4. The number of amides is 2. The molecular formula is C11H20N2O4S. The van der Waals surface area contributed by atoms with Gasteiger partial charge in [0, 0.05) is 18.3 Å². The minimum absolute atomic E-state index is 0.0576. The minimum Gasteiger partial charge on any atom is -0.480 e. The molecule has 0 aliphatic carbocycles. The van der Waals surface area contributed by atoms with Crippen molar-refractivity contribution in [2.24, 2.45) is 0 Å². The zero-order valence-electron chi connectivity index (χ0n) is 10.7. The number of ether oxygens (including phenoxy) is 1. The van der Waals surface area contributed by atoms with E-state index in [0.717, 1.165) is 12.2 Å². The maximum atomic E-state index is 12.0. The lowest BCUT2D eigenvalue weighted by molar-refractivity contribution is -0.147. The summed E-state index contributed by atoms with van der Waals surface area (Å²) >= 11 is 1.66. The molecule has 104 valence electrons. The van der Waals surface area contributed by atoms with Gasteiger partial charge < -0.3 is 20.1 Å². The molecule has 1 heterocycles. The Kier molecular flexibility index (Phi) is 6.28. The lowest BCUT2D eigenvalue weighted by Gasteiger charge is -2.34. The van der Waals surface area contributed by atoms with Crippen LogP contribution in [-0.4, -0.2) is 65.9 Å². The van der Waals surface area contributed by atoms with Gasteiger partial charge in [-0.15, -0.1) is 0 Å². The fourth-order valence-electron chi connectivity index (χ4n) is 1.77. The van der Waals surface area contributed by atoms with E-state index < -0.39 is 12.0 Å². The Morgan fingerprint density at radius 2 is 2.33 bits per heavy atom. The smallest absolute Gasteiger partial charge is 0.328 e. The van der Waals surface area contributed by atoms with Crippen LogP contribution in [0.4, 0.5) is 4.79 Å². The summed E-state index contributed by atoms with van der Waals surface area (Å²) in [6, 6.07) is -1.12. The second-order valence-electron chi connectivity index (χ2n) is 4.13. The molecule has 1 aliphatic heterocycles. The van der Waals surface area contributed by atoms with Gasteiger partial charge in [0.2, 0.25) is 0 Å². The number of carbonyl (C=O) groups is 2. The number of carboxylic acid groups (broad SMARTS) is 1. The number of hydrogen-bond acceptors (Lipinski definition) is 4. The predicted octanol–water partition coefficient (Wildman–Crippen LogP) is 0.623. The van der Waals surface area contributed by atoms with Crippen molar-refractivity contribution < 1.29 is 19.4 Å². The van der Waals surface area contributed by atoms with Crippen LogP contribution >= 0.6 is 11.8 Å². The van der Waals surface area contributed by atoms with Crippen LogP contribution in [0.1, 0.15) is 13.3 Å². The second-order valence-corrected chi connectivity index (χ2v) is 5.04. The topological polar surface area (TPSA) is 78.9 Å². The molecule has 1 saturated heterocycles. The zero-order chi connectivity index (χ0) is 13.5. The third-order valence-electron chi connectivity index (χ3n) is 2.86. The molecule has 0 aromatic heterocycles. The number of nitrogens with zero attached hydrogens (tertiary/aromatic N) is 1. The van der Waals surface area contributed by atoms with Crippen LogP contribution in [0.15, 0.2) is 0 Å². The SMILES string of the molecule is CCC(CSC)NC(=O)N1CCOCC1C(=O)O.